The van der Waals surface area contributed by atoms with Gasteiger partial charge in [0, 0.05) is 32.2 Å². The topological polar surface area (TPSA) is 64.7 Å². The largest absolute Gasteiger partial charge is 0.352 e. The molecule has 7 heteroatoms. The van der Waals surface area contributed by atoms with Crippen molar-refractivity contribution in [1.82, 2.24) is 20.4 Å². The summed E-state index contributed by atoms with van der Waals surface area (Å²) in [7, 11) is 1.84. The van der Waals surface area contributed by atoms with E-state index in [1.165, 1.54) is 19.3 Å². The number of hydrogen-bond donors (Lipinski definition) is 2. The number of hydrogen-bond acceptors (Lipinski definition) is 4. The van der Waals surface area contributed by atoms with Crippen LogP contribution in [0.5, 0.6) is 0 Å². The van der Waals surface area contributed by atoms with Gasteiger partial charge in [-0.25, -0.2) is 0 Å². The van der Waals surface area contributed by atoms with Crippen LogP contribution in [0.4, 0.5) is 0 Å². The minimum Gasteiger partial charge on any atom is -0.352 e. The molecule has 2 rings (SSSR count). The molecule has 1 heterocycles. The van der Waals surface area contributed by atoms with E-state index in [0.29, 0.717) is 25.0 Å². The van der Waals surface area contributed by atoms with E-state index in [0.717, 1.165) is 32.6 Å². The third-order valence-corrected chi connectivity index (χ3v) is 4.75. The zero-order valence-corrected chi connectivity index (χ0v) is 15.2. The van der Waals surface area contributed by atoms with Gasteiger partial charge in [-0.2, -0.15) is 0 Å². The van der Waals surface area contributed by atoms with Crippen molar-refractivity contribution in [3.63, 3.8) is 0 Å². The first-order valence-electron chi connectivity index (χ1n) is 8.52. The Labute approximate surface area is 145 Å². The Balaban J connectivity index is 0.00000264. The molecule has 0 spiro atoms. The van der Waals surface area contributed by atoms with Crippen molar-refractivity contribution in [1.29, 1.82) is 0 Å². The van der Waals surface area contributed by atoms with Gasteiger partial charge < -0.3 is 15.5 Å². The smallest absolute Gasteiger partial charge is 0.236 e. The molecule has 0 aromatic heterocycles. The summed E-state index contributed by atoms with van der Waals surface area (Å²) in [4.78, 5) is 28.0. The van der Waals surface area contributed by atoms with Crippen molar-refractivity contribution >= 4 is 24.2 Å². The van der Waals surface area contributed by atoms with Crippen molar-refractivity contribution in [2.75, 3.05) is 46.3 Å². The highest BCUT2D eigenvalue weighted by molar-refractivity contribution is 5.85. The highest BCUT2D eigenvalue weighted by Crippen LogP contribution is 2.23. The maximum atomic E-state index is 12.2. The molecule has 0 bridgehead atoms. The lowest BCUT2D eigenvalue weighted by Gasteiger charge is -2.31. The third kappa shape index (κ3) is 6.65. The minimum atomic E-state index is 0. The summed E-state index contributed by atoms with van der Waals surface area (Å²) in [6, 6.07) is 0.304. The normalized spacial score (nSPS) is 24.9. The predicted octanol–water partition coefficient (Wildman–Crippen LogP) is 0.467. The van der Waals surface area contributed by atoms with E-state index in [-0.39, 0.29) is 24.2 Å². The van der Waals surface area contributed by atoms with E-state index in [1.54, 1.807) is 0 Å². The van der Waals surface area contributed by atoms with Gasteiger partial charge in [0.15, 0.2) is 0 Å². The zero-order chi connectivity index (χ0) is 15.9. The first-order valence-corrected chi connectivity index (χ1v) is 8.52. The summed E-state index contributed by atoms with van der Waals surface area (Å²) in [5.74, 6) is 0.711. The minimum absolute atomic E-state index is 0. The molecule has 1 aliphatic heterocycles. The van der Waals surface area contributed by atoms with Gasteiger partial charge in [-0.3, -0.25) is 14.5 Å². The van der Waals surface area contributed by atoms with Crippen molar-refractivity contribution in [2.45, 2.75) is 38.6 Å². The number of carbonyl (C=O) groups is 2. The van der Waals surface area contributed by atoms with Gasteiger partial charge in [0.2, 0.25) is 11.8 Å². The molecule has 1 saturated carbocycles. The molecule has 1 saturated heterocycles. The number of amides is 2. The molecule has 2 unspecified atom stereocenters. The van der Waals surface area contributed by atoms with E-state index < -0.39 is 0 Å². The second-order valence-corrected chi connectivity index (χ2v) is 6.74. The first-order chi connectivity index (χ1) is 10.6. The molecule has 2 aliphatic rings. The SMILES string of the molecule is CC1CCCCC1NC(=O)CN(C)CC(=O)N1CCNCC1.Cl. The van der Waals surface area contributed by atoms with Gasteiger partial charge >= 0.3 is 0 Å². The van der Waals surface area contributed by atoms with Gasteiger partial charge in [-0.05, 0) is 25.8 Å². The van der Waals surface area contributed by atoms with Gasteiger partial charge in [-0.1, -0.05) is 19.8 Å². The number of nitrogens with one attached hydrogen (secondary N) is 2. The van der Waals surface area contributed by atoms with Gasteiger partial charge in [0.1, 0.15) is 0 Å². The van der Waals surface area contributed by atoms with Gasteiger partial charge in [0.05, 0.1) is 13.1 Å². The molecule has 0 radical (unpaired) electrons. The Morgan fingerprint density at radius 3 is 2.48 bits per heavy atom. The lowest BCUT2D eigenvalue weighted by molar-refractivity contribution is -0.133. The maximum Gasteiger partial charge on any atom is 0.236 e. The zero-order valence-electron chi connectivity index (χ0n) is 14.3. The van der Waals surface area contributed by atoms with Crippen LogP contribution in [0.2, 0.25) is 0 Å². The Morgan fingerprint density at radius 1 is 1.17 bits per heavy atom. The average molecular weight is 347 g/mol. The third-order valence-electron chi connectivity index (χ3n) is 4.75. The molecule has 2 N–H and O–H groups in total. The summed E-state index contributed by atoms with van der Waals surface area (Å²) in [6.07, 6.45) is 4.75. The summed E-state index contributed by atoms with van der Waals surface area (Å²) in [5.41, 5.74) is 0. The monoisotopic (exact) mass is 346 g/mol. The molecule has 6 nitrogen and oxygen atoms in total. The number of carbonyl (C=O) groups excluding carboxylic acids is 2. The van der Waals surface area contributed by atoms with E-state index in [1.807, 2.05) is 16.8 Å². The predicted molar refractivity (Wildman–Crippen MR) is 93.8 cm³/mol. The Hall–Kier alpha value is -0.850. The van der Waals surface area contributed by atoms with Crippen LogP contribution in [0, 0.1) is 5.92 Å². The second kappa shape index (κ2) is 10.1. The molecule has 2 atom stereocenters. The number of likely N-dealkylation sites (N-methyl/N-ethyl adjacent to an activating group) is 1. The van der Waals surface area contributed by atoms with Crippen LogP contribution in [-0.4, -0.2) is 74.0 Å². The van der Waals surface area contributed by atoms with E-state index in [4.69, 9.17) is 0 Å². The quantitative estimate of drug-likeness (QED) is 0.759. The van der Waals surface area contributed by atoms with Crippen LogP contribution >= 0.6 is 12.4 Å². The fourth-order valence-electron chi connectivity index (χ4n) is 3.33. The van der Waals surface area contributed by atoms with Crippen LogP contribution in [0.25, 0.3) is 0 Å². The van der Waals surface area contributed by atoms with Crippen LogP contribution in [0.3, 0.4) is 0 Å². The molecule has 23 heavy (non-hydrogen) atoms. The van der Waals surface area contributed by atoms with Crippen molar-refractivity contribution < 1.29 is 9.59 Å². The second-order valence-electron chi connectivity index (χ2n) is 6.74. The molecule has 2 fully saturated rings. The molecule has 2 amide bonds. The first kappa shape index (κ1) is 20.2. The van der Waals surface area contributed by atoms with Gasteiger partial charge in [-0.15, -0.1) is 12.4 Å². The number of nitrogens with zero attached hydrogens (tertiary/aromatic N) is 2. The lowest BCUT2D eigenvalue weighted by Crippen LogP contribution is -2.50. The number of halogens is 1. The summed E-state index contributed by atoms with van der Waals surface area (Å²) >= 11 is 0. The Kier molecular flexibility index (Phi) is 8.87. The molecule has 0 aromatic rings. The molecule has 0 aromatic carbocycles. The highest BCUT2D eigenvalue weighted by atomic mass is 35.5. The molecule has 134 valence electrons. The molecular weight excluding hydrogens is 316 g/mol. The van der Waals surface area contributed by atoms with E-state index >= 15 is 0 Å². The molecular formula is C16H31ClN4O2. The fourth-order valence-corrected chi connectivity index (χ4v) is 3.33. The number of piperazine rings is 1. The van der Waals surface area contributed by atoms with Crippen molar-refractivity contribution in [2.24, 2.45) is 5.92 Å². The maximum absolute atomic E-state index is 12.2. The summed E-state index contributed by atoms with van der Waals surface area (Å²) < 4.78 is 0. The van der Waals surface area contributed by atoms with Crippen LogP contribution in [0.1, 0.15) is 32.6 Å². The van der Waals surface area contributed by atoms with Crippen LogP contribution in [-0.2, 0) is 9.59 Å². The molecule has 1 aliphatic carbocycles. The van der Waals surface area contributed by atoms with Crippen molar-refractivity contribution in [3.05, 3.63) is 0 Å². The highest BCUT2D eigenvalue weighted by Gasteiger charge is 2.24. The summed E-state index contributed by atoms with van der Waals surface area (Å²) in [6.45, 7) is 6.05. The average Bonchev–Trinajstić information content (AvgIpc) is 2.50. The number of rotatable bonds is 5. The van der Waals surface area contributed by atoms with Crippen LogP contribution < -0.4 is 10.6 Å². The standard InChI is InChI=1S/C16H30N4O2.ClH/c1-13-5-3-4-6-14(13)18-15(21)11-19(2)12-16(22)20-9-7-17-8-10-20;/h13-14,17H,3-12H2,1-2H3,(H,18,21);1H. The lowest BCUT2D eigenvalue weighted by atomic mass is 9.86. The fraction of sp³-hybridized carbons (Fsp3) is 0.875. The summed E-state index contributed by atoms with van der Waals surface area (Å²) in [5, 5.41) is 6.37. The van der Waals surface area contributed by atoms with Crippen LogP contribution in [0.15, 0.2) is 0 Å². The van der Waals surface area contributed by atoms with Crippen molar-refractivity contribution in [3.8, 4) is 0 Å². The van der Waals surface area contributed by atoms with E-state index in [2.05, 4.69) is 17.6 Å². The van der Waals surface area contributed by atoms with Gasteiger partial charge in [0.25, 0.3) is 0 Å². The van der Waals surface area contributed by atoms with E-state index in [9.17, 15) is 9.59 Å². The Bertz CT molecular complexity index is 388. The Morgan fingerprint density at radius 2 is 1.83 bits per heavy atom.